The number of hydrogen-bond acceptors (Lipinski definition) is 4. The molecule has 2 aromatic heterocycles. The number of aryl methyl sites for hydroxylation is 1. The van der Waals surface area contributed by atoms with Crippen molar-refractivity contribution in [3.05, 3.63) is 46.9 Å². The predicted octanol–water partition coefficient (Wildman–Crippen LogP) is 3.01. The highest BCUT2D eigenvalue weighted by Crippen LogP contribution is 2.30. The van der Waals surface area contributed by atoms with Crippen LogP contribution in [-0.4, -0.2) is 34.2 Å². The molecule has 2 heterocycles. The minimum absolute atomic E-state index is 0.323. The number of H-pyrrole nitrogens is 1. The van der Waals surface area contributed by atoms with Crippen LogP contribution in [0, 0.1) is 24.1 Å². The number of aromatic amines is 1. The number of benzene rings is 1. The summed E-state index contributed by atoms with van der Waals surface area (Å²) in [6, 6.07) is 7.18. The van der Waals surface area contributed by atoms with Crippen LogP contribution >= 0.6 is 0 Å². The summed E-state index contributed by atoms with van der Waals surface area (Å²) in [5.41, 5.74) is 3.96. The van der Waals surface area contributed by atoms with Crippen molar-refractivity contribution in [2.24, 2.45) is 0 Å². The second-order valence-corrected chi connectivity index (χ2v) is 5.81. The van der Waals surface area contributed by atoms with Crippen LogP contribution in [-0.2, 0) is 6.54 Å². The van der Waals surface area contributed by atoms with E-state index in [9.17, 15) is 9.65 Å². The van der Waals surface area contributed by atoms with Crippen molar-refractivity contribution >= 4 is 11.0 Å². The van der Waals surface area contributed by atoms with E-state index in [2.05, 4.69) is 21.3 Å². The molecule has 0 fully saturated rings. The van der Waals surface area contributed by atoms with E-state index in [0.29, 0.717) is 34.4 Å². The highest BCUT2D eigenvalue weighted by atomic mass is 19.1. The zero-order valence-corrected chi connectivity index (χ0v) is 13.2. The van der Waals surface area contributed by atoms with Crippen LogP contribution in [0.15, 0.2) is 24.4 Å². The lowest BCUT2D eigenvalue weighted by Crippen LogP contribution is -2.11. The van der Waals surface area contributed by atoms with Gasteiger partial charge < -0.3 is 4.90 Å². The molecule has 0 bridgehead atoms. The van der Waals surface area contributed by atoms with Crippen LogP contribution < -0.4 is 0 Å². The molecular weight excluding hydrogens is 293 g/mol. The smallest absolute Gasteiger partial charge is 0.133 e. The summed E-state index contributed by atoms with van der Waals surface area (Å²) >= 11 is 0. The number of rotatable bonds is 3. The molecule has 0 saturated heterocycles. The van der Waals surface area contributed by atoms with E-state index in [1.54, 1.807) is 12.3 Å². The van der Waals surface area contributed by atoms with Crippen molar-refractivity contribution in [2.75, 3.05) is 14.1 Å². The Labute approximate surface area is 133 Å². The fourth-order valence-corrected chi connectivity index (χ4v) is 2.73. The zero-order chi connectivity index (χ0) is 16.6. The summed E-state index contributed by atoms with van der Waals surface area (Å²) in [4.78, 5) is 6.40. The molecule has 0 aliphatic rings. The van der Waals surface area contributed by atoms with Crippen LogP contribution in [0.2, 0.25) is 0 Å². The van der Waals surface area contributed by atoms with E-state index in [1.807, 2.05) is 32.0 Å². The molecule has 0 radical (unpaired) electrons. The molecule has 0 atom stereocenters. The molecule has 0 aliphatic heterocycles. The van der Waals surface area contributed by atoms with E-state index in [1.165, 1.54) is 6.07 Å². The SMILES string of the molecule is Cc1cc(CN(C)C)cc(F)c1-c1nc2cn[nH]c2cc1C#N. The fourth-order valence-electron chi connectivity index (χ4n) is 2.73. The number of aromatic nitrogens is 3. The maximum Gasteiger partial charge on any atom is 0.133 e. The quantitative estimate of drug-likeness (QED) is 0.807. The van der Waals surface area contributed by atoms with Crippen LogP contribution in [0.4, 0.5) is 4.39 Å². The van der Waals surface area contributed by atoms with Crippen LogP contribution in [0.3, 0.4) is 0 Å². The Bertz CT molecular complexity index is 897. The monoisotopic (exact) mass is 309 g/mol. The number of nitrogens with zero attached hydrogens (tertiary/aromatic N) is 4. The average molecular weight is 309 g/mol. The lowest BCUT2D eigenvalue weighted by molar-refractivity contribution is 0.401. The predicted molar refractivity (Wildman–Crippen MR) is 86.1 cm³/mol. The standard InChI is InChI=1S/C17H16FN5/c1-10-4-11(9-23(2)3)5-13(18)16(10)17-12(7-19)6-14-15(21-17)8-20-22-14/h4-6,8H,9H2,1-3H3,(H,20,22). The molecule has 3 rings (SSSR count). The van der Waals surface area contributed by atoms with Gasteiger partial charge in [-0.15, -0.1) is 0 Å². The molecule has 6 heteroatoms. The first-order chi connectivity index (χ1) is 11.0. The van der Waals surface area contributed by atoms with Gasteiger partial charge in [0.1, 0.15) is 17.4 Å². The maximum absolute atomic E-state index is 14.7. The van der Waals surface area contributed by atoms with Gasteiger partial charge in [0.2, 0.25) is 0 Å². The Hall–Kier alpha value is -2.78. The molecule has 1 N–H and O–H groups in total. The van der Waals surface area contributed by atoms with Gasteiger partial charge >= 0.3 is 0 Å². The summed E-state index contributed by atoms with van der Waals surface area (Å²) in [6.45, 7) is 2.48. The Morgan fingerprint density at radius 2 is 2.09 bits per heavy atom. The third kappa shape index (κ3) is 2.79. The van der Waals surface area contributed by atoms with Crippen molar-refractivity contribution in [1.82, 2.24) is 20.1 Å². The first kappa shape index (κ1) is 15.1. The number of pyridine rings is 1. The van der Waals surface area contributed by atoms with Gasteiger partial charge in [0, 0.05) is 12.1 Å². The van der Waals surface area contributed by atoms with Gasteiger partial charge in [-0.3, -0.25) is 5.10 Å². The van der Waals surface area contributed by atoms with Gasteiger partial charge in [-0.25, -0.2) is 9.37 Å². The third-order valence-corrected chi connectivity index (χ3v) is 3.63. The van der Waals surface area contributed by atoms with Crippen molar-refractivity contribution in [3.63, 3.8) is 0 Å². The highest BCUT2D eigenvalue weighted by Gasteiger charge is 2.17. The number of halogens is 1. The Kier molecular flexibility index (Phi) is 3.80. The van der Waals surface area contributed by atoms with E-state index < -0.39 is 0 Å². The molecule has 116 valence electrons. The fraction of sp³-hybridized carbons (Fsp3) is 0.235. The Balaban J connectivity index is 2.20. The summed E-state index contributed by atoms with van der Waals surface area (Å²) in [6.07, 6.45) is 1.56. The minimum Gasteiger partial charge on any atom is -0.305 e. The van der Waals surface area contributed by atoms with Crippen molar-refractivity contribution < 1.29 is 4.39 Å². The van der Waals surface area contributed by atoms with Crippen LogP contribution in [0.5, 0.6) is 0 Å². The average Bonchev–Trinajstić information content (AvgIpc) is 2.92. The number of nitrogens with one attached hydrogen (secondary N) is 1. The molecule has 0 amide bonds. The second kappa shape index (κ2) is 5.78. The van der Waals surface area contributed by atoms with Crippen LogP contribution in [0.1, 0.15) is 16.7 Å². The van der Waals surface area contributed by atoms with Gasteiger partial charge in [0.15, 0.2) is 0 Å². The minimum atomic E-state index is -0.367. The van der Waals surface area contributed by atoms with Crippen LogP contribution in [0.25, 0.3) is 22.3 Å². The van der Waals surface area contributed by atoms with Gasteiger partial charge in [-0.05, 0) is 44.3 Å². The largest absolute Gasteiger partial charge is 0.305 e. The number of nitriles is 1. The number of fused-ring (bicyclic) bond motifs is 1. The van der Waals surface area contributed by atoms with E-state index in [-0.39, 0.29) is 5.82 Å². The lowest BCUT2D eigenvalue weighted by Gasteiger charge is -2.14. The lowest BCUT2D eigenvalue weighted by atomic mass is 9.98. The first-order valence-corrected chi connectivity index (χ1v) is 7.18. The topological polar surface area (TPSA) is 68.6 Å². The van der Waals surface area contributed by atoms with E-state index >= 15 is 0 Å². The molecule has 3 aromatic rings. The van der Waals surface area contributed by atoms with Gasteiger partial charge in [0.05, 0.1) is 23.0 Å². The maximum atomic E-state index is 14.7. The summed E-state index contributed by atoms with van der Waals surface area (Å²) in [7, 11) is 3.87. The summed E-state index contributed by atoms with van der Waals surface area (Å²) in [5, 5.41) is 16.1. The van der Waals surface area contributed by atoms with Crippen molar-refractivity contribution in [2.45, 2.75) is 13.5 Å². The normalized spacial score (nSPS) is 11.1. The van der Waals surface area contributed by atoms with E-state index in [4.69, 9.17) is 0 Å². The van der Waals surface area contributed by atoms with Crippen molar-refractivity contribution in [1.29, 1.82) is 5.26 Å². The molecule has 1 aromatic carbocycles. The molecular formula is C17H16FN5. The molecule has 5 nitrogen and oxygen atoms in total. The Morgan fingerprint density at radius 1 is 1.30 bits per heavy atom. The summed E-state index contributed by atoms with van der Waals surface area (Å²) in [5.74, 6) is -0.367. The number of hydrogen-bond donors (Lipinski definition) is 1. The molecule has 0 aliphatic carbocycles. The van der Waals surface area contributed by atoms with Gasteiger partial charge in [0.25, 0.3) is 0 Å². The molecule has 0 spiro atoms. The molecule has 0 saturated carbocycles. The third-order valence-electron chi connectivity index (χ3n) is 3.63. The zero-order valence-electron chi connectivity index (χ0n) is 13.2. The Morgan fingerprint density at radius 3 is 2.74 bits per heavy atom. The second-order valence-electron chi connectivity index (χ2n) is 5.81. The highest BCUT2D eigenvalue weighted by molar-refractivity contribution is 5.82. The van der Waals surface area contributed by atoms with Gasteiger partial charge in [-0.2, -0.15) is 10.4 Å². The molecule has 23 heavy (non-hydrogen) atoms. The summed E-state index contributed by atoms with van der Waals surface area (Å²) < 4.78 is 14.7. The molecule has 0 unspecified atom stereocenters. The first-order valence-electron chi connectivity index (χ1n) is 7.18. The van der Waals surface area contributed by atoms with Gasteiger partial charge in [-0.1, -0.05) is 6.07 Å². The van der Waals surface area contributed by atoms with Crippen molar-refractivity contribution in [3.8, 4) is 17.3 Å². The van der Waals surface area contributed by atoms with E-state index in [0.717, 1.165) is 11.1 Å².